The lowest BCUT2D eigenvalue weighted by molar-refractivity contribution is -0.176. The first-order chi connectivity index (χ1) is 10.7. The first-order valence-corrected chi connectivity index (χ1v) is 9.00. The number of rotatable bonds is 5. The average molecular weight is 339 g/mol. The normalized spacial score (nSPS) is 26.7. The van der Waals surface area contributed by atoms with E-state index in [4.69, 9.17) is 4.74 Å². The fourth-order valence-corrected chi connectivity index (χ4v) is 4.12. The van der Waals surface area contributed by atoms with Gasteiger partial charge in [0.15, 0.2) is 5.96 Å². The van der Waals surface area contributed by atoms with E-state index in [0.29, 0.717) is 6.04 Å². The molecule has 0 aliphatic heterocycles. The van der Waals surface area contributed by atoms with Crippen molar-refractivity contribution in [1.29, 1.82) is 0 Å². The van der Waals surface area contributed by atoms with Crippen molar-refractivity contribution in [1.82, 2.24) is 15.6 Å². The Bertz CT molecular complexity index is 581. The number of ether oxygens (including phenoxy) is 1. The summed E-state index contributed by atoms with van der Waals surface area (Å²) in [4.78, 5) is 10.2. The Morgan fingerprint density at radius 1 is 1.39 bits per heavy atom. The van der Waals surface area contributed by atoms with Gasteiger partial charge in [0.2, 0.25) is 0 Å². The number of nitrogens with zero attached hydrogens (tertiary/aromatic N) is 2. The van der Waals surface area contributed by atoms with E-state index in [0.717, 1.165) is 36.0 Å². The maximum atomic E-state index is 5.68. The summed E-state index contributed by atoms with van der Waals surface area (Å²) in [5, 5.41) is 8.08. The lowest BCUT2D eigenvalue weighted by atomic mass is 9.56. The van der Waals surface area contributed by atoms with E-state index in [2.05, 4.69) is 55.2 Å². The number of thiazole rings is 1. The highest BCUT2D eigenvalue weighted by molar-refractivity contribution is 7.11. The molecule has 1 saturated carbocycles. The smallest absolute Gasteiger partial charge is 0.191 e. The number of aryl methyl sites for hydroxylation is 2. The number of aliphatic imine (C=N–C) groups is 1. The molecule has 2 rings (SSSR count). The Morgan fingerprint density at radius 2 is 2.09 bits per heavy atom. The van der Waals surface area contributed by atoms with Crippen LogP contribution in [-0.2, 0) is 11.2 Å². The zero-order valence-corrected chi connectivity index (χ0v) is 16.2. The molecule has 0 bridgehead atoms. The number of guanidine groups is 1. The van der Waals surface area contributed by atoms with Gasteiger partial charge in [-0.1, -0.05) is 13.8 Å². The predicted octanol–water partition coefficient (Wildman–Crippen LogP) is 2.67. The third-order valence-electron chi connectivity index (χ3n) is 5.46. The van der Waals surface area contributed by atoms with Crippen LogP contribution in [-0.4, -0.2) is 43.3 Å². The number of methoxy groups -OCH3 is 1. The van der Waals surface area contributed by atoms with Crippen LogP contribution >= 0.6 is 11.3 Å². The van der Waals surface area contributed by atoms with Crippen LogP contribution in [0, 0.1) is 19.3 Å². The minimum absolute atomic E-state index is 0.0687. The summed E-state index contributed by atoms with van der Waals surface area (Å²) < 4.78 is 5.68. The van der Waals surface area contributed by atoms with Gasteiger partial charge >= 0.3 is 0 Å². The summed E-state index contributed by atoms with van der Waals surface area (Å²) in [6.45, 7) is 11.7. The summed E-state index contributed by atoms with van der Waals surface area (Å²) in [7, 11) is 3.61. The van der Waals surface area contributed by atoms with Crippen molar-refractivity contribution in [2.24, 2.45) is 10.4 Å². The molecule has 130 valence electrons. The van der Waals surface area contributed by atoms with Crippen molar-refractivity contribution in [3.05, 3.63) is 15.6 Å². The molecule has 2 unspecified atom stereocenters. The second-order valence-electron chi connectivity index (χ2n) is 7.05. The molecule has 1 fully saturated rings. The van der Waals surface area contributed by atoms with E-state index in [-0.39, 0.29) is 11.0 Å². The van der Waals surface area contributed by atoms with Gasteiger partial charge in [-0.15, -0.1) is 11.3 Å². The van der Waals surface area contributed by atoms with Gasteiger partial charge < -0.3 is 15.4 Å². The van der Waals surface area contributed by atoms with Crippen molar-refractivity contribution < 1.29 is 4.74 Å². The van der Waals surface area contributed by atoms with Gasteiger partial charge in [0, 0.05) is 43.5 Å². The fraction of sp³-hybridized carbons (Fsp3) is 0.765. The Kier molecular flexibility index (Phi) is 5.36. The predicted molar refractivity (Wildman–Crippen MR) is 97.4 cm³/mol. The fourth-order valence-electron chi connectivity index (χ4n) is 3.18. The van der Waals surface area contributed by atoms with Crippen molar-refractivity contribution in [2.75, 3.05) is 20.7 Å². The second kappa shape index (κ2) is 6.77. The van der Waals surface area contributed by atoms with E-state index < -0.39 is 0 Å². The van der Waals surface area contributed by atoms with Gasteiger partial charge in [0.05, 0.1) is 16.3 Å². The first-order valence-electron chi connectivity index (χ1n) is 8.18. The minimum Gasteiger partial charge on any atom is -0.378 e. The number of aromatic nitrogens is 1. The topological polar surface area (TPSA) is 58.5 Å². The Labute approximate surface area is 144 Å². The highest BCUT2D eigenvalue weighted by Crippen LogP contribution is 2.51. The molecule has 1 heterocycles. The van der Waals surface area contributed by atoms with Gasteiger partial charge in [-0.3, -0.25) is 4.99 Å². The Hall–Kier alpha value is -1.14. The molecule has 1 aliphatic carbocycles. The zero-order chi connectivity index (χ0) is 17.3. The van der Waals surface area contributed by atoms with Crippen molar-refractivity contribution in [3.8, 4) is 0 Å². The van der Waals surface area contributed by atoms with Gasteiger partial charge in [-0.05, 0) is 27.2 Å². The van der Waals surface area contributed by atoms with Crippen LogP contribution in [0.4, 0.5) is 0 Å². The average Bonchev–Trinajstić information content (AvgIpc) is 2.82. The van der Waals surface area contributed by atoms with Gasteiger partial charge in [0.25, 0.3) is 0 Å². The molecule has 0 saturated heterocycles. The monoisotopic (exact) mass is 338 g/mol. The quantitative estimate of drug-likeness (QED) is 0.640. The molecule has 1 aromatic heterocycles. The standard InChI is InChI=1S/C17H30N4OS/c1-11-13(23-12(2)20-11)8-9-19-15(18-6)21-14-10-17(5,22-7)16(14,3)4/h14H,8-10H2,1-7H3,(H2,18,19,21). The lowest BCUT2D eigenvalue weighted by Gasteiger charge is -2.59. The molecular weight excluding hydrogens is 308 g/mol. The molecule has 1 aliphatic rings. The Balaban J connectivity index is 1.84. The largest absolute Gasteiger partial charge is 0.378 e. The van der Waals surface area contributed by atoms with E-state index in [9.17, 15) is 0 Å². The van der Waals surface area contributed by atoms with E-state index in [1.165, 1.54) is 4.88 Å². The molecule has 5 nitrogen and oxygen atoms in total. The van der Waals surface area contributed by atoms with E-state index >= 15 is 0 Å². The van der Waals surface area contributed by atoms with Crippen LogP contribution in [0.25, 0.3) is 0 Å². The first kappa shape index (κ1) is 18.2. The minimum atomic E-state index is -0.0687. The summed E-state index contributed by atoms with van der Waals surface area (Å²) >= 11 is 1.78. The lowest BCUT2D eigenvalue weighted by Crippen LogP contribution is -2.69. The van der Waals surface area contributed by atoms with Gasteiger partial charge in [0.1, 0.15) is 0 Å². The van der Waals surface area contributed by atoms with Crippen molar-refractivity contribution >= 4 is 17.3 Å². The van der Waals surface area contributed by atoms with Crippen LogP contribution in [0.3, 0.4) is 0 Å². The molecule has 2 atom stereocenters. The third kappa shape index (κ3) is 3.53. The van der Waals surface area contributed by atoms with Crippen LogP contribution in [0.5, 0.6) is 0 Å². The summed E-state index contributed by atoms with van der Waals surface area (Å²) in [6.07, 6.45) is 1.96. The van der Waals surface area contributed by atoms with Crippen LogP contribution in [0.15, 0.2) is 4.99 Å². The molecule has 0 amide bonds. The zero-order valence-electron chi connectivity index (χ0n) is 15.4. The van der Waals surface area contributed by atoms with Crippen LogP contribution in [0.2, 0.25) is 0 Å². The SMILES string of the molecule is CN=C(NCCc1sc(C)nc1C)NC1CC(C)(OC)C1(C)C. The van der Waals surface area contributed by atoms with Gasteiger partial charge in [-0.2, -0.15) is 0 Å². The molecule has 0 aromatic carbocycles. The van der Waals surface area contributed by atoms with Gasteiger partial charge in [-0.25, -0.2) is 4.98 Å². The molecule has 0 radical (unpaired) electrons. The van der Waals surface area contributed by atoms with Crippen molar-refractivity contribution in [3.63, 3.8) is 0 Å². The van der Waals surface area contributed by atoms with E-state index in [1.54, 1.807) is 18.4 Å². The number of nitrogens with one attached hydrogen (secondary N) is 2. The highest BCUT2D eigenvalue weighted by atomic mass is 32.1. The molecule has 2 N–H and O–H groups in total. The summed E-state index contributed by atoms with van der Waals surface area (Å²) in [5.41, 5.74) is 1.15. The molecule has 6 heteroatoms. The van der Waals surface area contributed by atoms with Crippen LogP contribution in [0.1, 0.15) is 42.8 Å². The van der Waals surface area contributed by atoms with Crippen molar-refractivity contribution in [2.45, 2.75) is 59.1 Å². The maximum absolute atomic E-state index is 5.68. The third-order valence-corrected chi connectivity index (χ3v) is 6.59. The van der Waals surface area contributed by atoms with E-state index in [1.807, 2.05) is 7.05 Å². The highest BCUT2D eigenvalue weighted by Gasteiger charge is 2.58. The number of hydrogen-bond acceptors (Lipinski definition) is 4. The number of hydrogen-bond donors (Lipinski definition) is 2. The molecule has 0 spiro atoms. The Morgan fingerprint density at radius 3 is 2.57 bits per heavy atom. The molecule has 1 aromatic rings. The molecule has 23 heavy (non-hydrogen) atoms. The molecular formula is C17H30N4OS. The van der Waals surface area contributed by atoms with Crippen LogP contribution < -0.4 is 10.6 Å². The second-order valence-corrected chi connectivity index (χ2v) is 8.34. The summed E-state index contributed by atoms with van der Waals surface area (Å²) in [6, 6.07) is 0.367. The summed E-state index contributed by atoms with van der Waals surface area (Å²) in [5.74, 6) is 0.861. The maximum Gasteiger partial charge on any atom is 0.191 e.